The zero-order valence-corrected chi connectivity index (χ0v) is 9.90. The van der Waals surface area contributed by atoms with E-state index in [0.717, 1.165) is 30.8 Å². The van der Waals surface area contributed by atoms with Crippen LogP contribution in [0.5, 0.6) is 0 Å². The van der Waals surface area contributed by atoms with E-state index in [1.54, 1.807) is 6.20 Å². The van der Waals surface area contributed by atoms with Gasteiger partial charge in [0.1, 0.15) is 5.82 Å². The number of hydrogen-bond donors (Lipinski definition) is 3. The molecule has 90 valence electrons. The highest BCUT2D eigenvalue weighted by atomic mass is 16.3. The monoisotopic (exact) mass is 224 g/mol. The zero-order valence-electron chi connectivity index (χ0n) is 9.90. The first kappa shape index (κ1) is 12.7. The van der Waals surface area contributed by atoms with Crippen LogP contribution in [-0.4, -0.2) is 28.2 Å². The summed E-state index contributed by atoms with van der Waals surface area (Å²) in [6.07, 6.45) is 3.72. The van der Waals surface area contributed by atoms with Crippen molar-refractivity contribution in [1.82, 2.24) is 9.97 Å². The Bertz CT molecular complexity index is 330. The van der Waals surface area contributed by atoms with Gasteiger partial charge in [-0.1, -0.05) is 6.92 Å². The Morgan fingerprint density at radius 2 is 2.31 bits per heavy atom. The molecular weight excluding hydrogens is 204 g/mol. The minimum absolute atomic E-state index is 0.249. The number of aliphatic hydroxyl groups is 1. The predicted octanol–water partition coefficient (Wildman–Crippen LogP) is 1.19. The second-order valence-corrected chi connectivity index (χ2v) is 4.12. The Balaban J connectivity index is 2.34. The van der Waals surface area contributed by atoms with Crippen molar-refractivity contribution in [2.45, 2.75) is 26.7 Å². The van der Waals surface area contributed by atoms with Gasteiger partial charge in [-0.25, -0.2) is 4.98 Å². The quantitative estimate of drug-likeness (QED) is 0.632. The molecule has 1 aromatic heterocycles. The molecule has 0 saturated carbocycles. The fourth-order valence-electron chi connectivity index (χ4n) is 1.38. The van der Waals surface area contributed by atoms with Crippen molar-refractivity contribution in [3.63, 3.8) is 0 Å². The normalized spacial score (nSPS) is 12.4. The lowest BCUT2D eigenvalue weighted by molar-refractivity contribution is 0.229. The molecule has 0 saturated heterocycles. The van der Waals surface area contributed by atoms with Gasteiger partial charge in [-0.05, 0) is 25.7 Å². The number of nitrogen functional groups attached to an aromatic ring is 1. The third kappa shape index (κ3) is 4.02. The van der Waals surface area contributed by atoms with E-state index in [1.165, 1.54) is 0 Å². The first-order valence-corrected chi connectivity index (χ1v) is 5.57. The summed E-state index contributed by atoms with van der Waals surface area (Å²) < 4.78 is 0. The van der Waals surface area contributed by atoms with Crippen molar-refractivity contribution in [3.8, 4) is 0 Å². The van der Waals surface area contributed by atoms with Gasteiger partial charge in [-0.3, -0.25) is 0 Å². The van der Waals surface area contributed by atoms with Crippen molar-refractivity contribution < 1.29 is 5.11 Å². The van der Waals surface area contributed by atoms with Gasteiger partial charge in [0.05, 0.1) is 0 Å². The second kappa shape index (κ2) is 6.27. The maximum Gasteiger partial charge on any atom is 0.221 e. The standard InChI is InChI=1S/C11H20N4O/c1-8(7-16)4-3-5-13-10-9(2)6-14-11(12)15-10/h6,8,16H,3-5,7H2,1-2H3,(H3,12,13,14,15). The van der Waals surface area contributed by atoms with Gasteiger partial charge in [-0.15, -0.1) is 0 Å². The lowest BCUT2D eigenvalue weighted by Gasteiger charge is -2.10. The predicted molar refractivity (Wildman–Crippen MR) is 65.2 cm³/mol. The van der Waals surface area contributed by atoms with E-state index in [2.05, 4.69) is 15.3 Å². The molecule has 1 atom stereocenters. The van der Waals surface area contributed by atoms with Crippen molar-refractivity contribution in [2.24, 2.45) is 5.92 Å². The molecular formula is C11H20N4O. The summed E-state index contributed by atoms with van der Waals surface area (Å²) in [5.74, 6) is 1.44. The van der Waals surface area contributed by atoms with Crippen LogP contribution in [0.15, 0.2) is 6.20 Å². The molecule has 1 aromatic rings. The Morgan fingerprint density at radius 3 is 3.00 bits per heavy atom. The molecule has 0 amide bonds. The van der Waals surface area contributed by atoms with E-state index in [1.807, 2.05) is 13.8 Å². The third-order valence-electron chi connectivity index (χ3n) is 2.47. The van der Waals surface area contributed by atoms with E-state index in [9.17, 15) is 0 Å². The molecule has 0 aliphatic rings. The number of nitrogens with zero attached hydrogens (tertiary/aromatic N) is 2. The molecule has 1 rings (SSSR count). The Morgan fingerprint density at radius 1 is 1.56 bits per heavy atom. The second-order valence-electron chi connectivity index (χ2n) is 4.12. The minimum atomic E-state index is 0.249. The van der Waals surface area contributed by atoms with Crippen LogP contribution in [0, 0.1) is 12.8 Å². The van der Waals surface area contributed by atoms with Crippen molar-refractivity contribution in [1.29, 1.82) is 0 Å². The topological polar surface area (TPSA) is 84.1 Å². The van der Waals surface area contributed by atoms with Gasteiger partial charge in [0.25, 0.3) is 0 Å². The number of nitrogens with one attached hydrogen (secondary N) is 1. The molecule has 0 radical (unpaired) electrons. The summed E-state index contributed by atoms with van der Waals surface area (Å²) in [5, 5.41) is 12.1. The molecule has 1 unspecified atom stereocenters. The highest BCUT2D eigenvalue weighted by molar-refractivity contribution is 5.44. The molecule has 1 heterocycles. The smallest absolute Gasteiger partial charge is 0.221 e. The SMILES string of the molecule is Cc1cnc(N)nc1NCCCC(C)CO. The summed E-state index contributed by atoms with van der Waals surface area (Å²) in [5.41, 5.74) is 6.50. The maximum atomic E-state index is 8.87. The van der Waals surface area contributed by atoms with E-state index < -0.39 is 0 Å². The van der Waals surface area contributed by atoms with Crippen LogP contribution in [0.2, 0.25) is 0 Å². The molecule has 0 spiro atoms. The van der Waals surface area contributed by atoms with Gasteiger partial charge < -0.3 is 16.2 Å². The third-order valence-corrected chi connectivity index (χ3v) is 2.47. The molecule has 0 bridgehead atoms. The first-order chi connectivity index (χ1) is 7.63. The highest BCUT2D eigenvalue weighted by Gasteiger charge is 2.02. The first-order valence-electron chi connectivity index (χ1n) is 5.57. The summed E-state index contributed by atoms with van der Waals surface area (Å²) >= 11 is 0. The number of anilines is 2. The molecule has 5 nitrogen and oxygen atoms in total. The Labute approximate surface area is 96.1 Å². The fourth-order valence-corrected chi connectivity index (χ4v) is 1.38. The molecule has 16 heavy (non-hydrogen) atoms. The zero-order chi connectivity index (χ0) is 12.0. The Kier molecular flexibility index (Phi) is 4.98. The number of aryl methyl sites for hydroxylation is 1. The van der Waals surface area contributed by atoms with Gasteiger partial charge >= 0.3 is 0 Å². The molecule has 0 aliphatic carbocycles. The van der Waals surface area contributed by atoms with Crippen LogP contribution in [0.4, 0.5) is 11.8 Å². The van der Waals surface area contributed by atoms with E-state index in [0.29, 0.717) is 5.92 Å². The average molecular weight is 224 g/mol. The van der Waals surface area contributed by atoms with Crippen LogP contribution in [-0.2, 0) is 0 Å². The number of hydrogen-bond acceptors (Lipinski definition) is 5. The maximum absolute atomic E-state index is 8.87. The molecule has 0 aromatic carbocycles. The molecule has 4 N–H and O–H groups in total. The summed E-state index contributed by atoms with van der Waals surface area (Å²) in [6, 6.07) is 0. The molecule has 0 aliphatic heterocycles. The number of nitrogens with two attached hydrogens (primary N) is 1. The van der Waals surface area contributed by atoms with E-state index >= 15 is 0 Å². The lowest BCUT2D eigenvalue weighted by atomic mass is 10.1. The van der Waals surface area contributed by atoms with Crippen LogP contribution in [0.25, 0.3) is 0 Å². The minimum Gasteiger partial charge on any atom is -0.396 e. The van der Waals surface area contributed by atoms with Crippen molar-refractivity contribution >= 4 is 11.8 Å². The Hall–Kier alpha value is -1.36. The van der Waals surface area contributed by atoms with E-state index in [-0.39, 0.29) is 12.6 Å². The van der Waals surface area contributed by atoms with Gasteiger partial charge in [-0.2, -0.15) is 4.98 Å². The van der Waals surface area contributed by atoms with Crippen LogP contribution < -0.4 is 11.1 Å². The summed E-state index contributed by atoms with van der Waals surface area (Å²) in [7, 11) is 0. The van der Waals surface area contributed by atoms with Crippen LogP contribution in [0.3, 0.4) is 0 Å². The largest absolute Gasteiger partial charge is 0.396 e. The van der Waals surface area contributed by atoms with Gasteiger partial charge in [0.2, 0.25) is 5.95 Å². The lowest BCUT2D eigenvalue weighted by Crippen LogP contribution is -2.09. The van der Waals surface area contributed by atoms with Crippen molar-refractivity contribution in [2.75, 3.05) is 24.2 Å². The summed E-state index contributed by atoms with van der Waals surface area (Å²) in [4.78, 5) is 8.02. The van der Waals surface area contributed by atoms with Crippen molar-refractivity contribution in [3.05, 3.63) is 11.8 Å². The number of aromatic nitrogens is 2. The number of aliphatic hydroxyl groups excluding tert-OH is 1. The molecule has 5 heteroatoms. The summed E-state index contributed by atoms with van der Waals surface area (Å²) in [6.45, 7) is 5.06. The highest BCUT2D eigenvalue weighted by Crippen LogP contribution is 2.11. The van der Waals surface area contributed by atoms with E-state index in [4.69, 9.17) is 10.8 Å². The average Bonchev–Trinajstić information content (AvgIpc) is 2.28. The van der Waals surface area contributed by atoms with Gasteiger partial charge in [0.15, 0.2) is 0 Å². The van der Waals surface area contributed by atoms with Crippen LogP contribution >= 0.6 is 0 Å². The fraction of sp³-hybridized carbons (Fsp3) is 0.636. The molecule has 0 fully saturated rings. The number of rotatable bonds is 6. The van der Waals surface area contributed by atoms with Crippen LogP contribution in [0.1, 0.15) is 25.3 Å². The van der Waals surface area contributed by atoms with Gasteiger partial charge in [0, 0.05) is 24.9 Å².